The molecule has 1 fully saturated rings. The lowest BCUT2D eigenvalue weighted by Gasteiger charge is -2.33. The van der Waals surface area contributed by atoms with Crippen molar-refractivity contribution < 1.29 is 5.11 Å². The molecule has 1 saturated heterocycles. The quantitative estimate of drug-likeness (QED) is 0.238. The molecular formula is C34H37N5O. The van der Waals surface area contributed by atoms with E-state index in [1.54, 1.807) is 18.2 Å². The molecule has 0 radical (unpaired) electrons. The maximum absolute atomic E-state index is 10.4. The van der Waals surface area contributed by atoms with E-state index in [1.165, 1.54) is 5.56 Å². The molecule has 0 atom stereocenters. The second kappa shape index (κ2) is 12.3. The Kier molecular flexibility index (Phi) is 8.37. The highest BCUT2D eigenvalue weighted by Crippen LogP contribution is 2.33. The summed E-state index contributed by atoms with van der Waals surface area (Å²) in [6.45, 7) is 12.5. The number of aryl methyl sites for hydroxylation is 2. The Balaban J connectivity index is 0.00000103. The zero-order valence-electron chi connectivity index (χ0n) is 23.6. The van der Waals surface area contributed by atoms with Gasteiger partial charge in [0.05, 0.1) is 22.6 Å². The molecule has 6 heteroatoms. The average Bonchev–Trinajstić information content (AvgIpc) is 3.32. The van der Waals surface area contributed by atoms with Gasteiger partial charge in [-0.15, -0.1) is 6.58 Å². The van der Waals surface area contributed by atoms with Crippen molar-refractivity contribution in [2.24, 2.45) is 0 Å². The van der Waals surface area contributed by atoms with Crippen molar-refractivity contribution in [2.75, 3.05) is 13.1 Å². The molecule has 204 valence electrons. The Hall–Kier alpha value is -4.29. The van der Waals surface area contributed by atoms with E-state index in [4.69, 9.17) is 9.97 Å². The van der Waals surface area contributed by atoms with Crippen molar-refractivity contribution in [1.82, 2.24) is 24.4 Å². The van der Waals surface area contributed by atoms with Gasteiger partial charge >= 0.3 is 0 Å². The molecule has 1 aliphatic rings. The summed E-state index contributed by atoms with van der Waals surface area (Å²) in [5, 5.41) is 10.4. The fraction of sp³-hybridized carbons (Fsp3) is 0.265. The third-order valence-electron chi connectivity index (χ3n) is 7.34. The molecule has 5 aromatic rings. The van der Waals surface area contributed by atoms with Crippen molar-refractivity contribution in [3.8, 4) is 28.3 Å². The molecule has 40 heavy (non-hydrogen) atoms. The zero-order chi connectivity index (χ0) is 28.1. The molecule has 0 aliphatic carbocycles. The molecule has 2 aromatic heterocycles. The van der Waals surface area contributed by atoms with E-state index in [0.29, 0.717) is 17.1 Å². The highest BCUT2D eigenvalue weighted by molar-refractivity contribution is 5.89. The lowest BCUT2D eigenvalue weighted by atomic mass is 10.0. The summed E-state index contributed by atoms with van der Waals surface area (Å²) >= 11 is 0. The Morgan fingerprint density at radius 2 is 1.50 bits per heavy atom. The number of imidazole rings is 1. The van der Waals surface area contributed by atoms with Crippen LogP contribution in [0.15, 0.2) is 91.6 Å². The van der Waals surface area contributed by atoms with Crippen molar-refractivity contribution in [1.29, 1.82) is 0 Å². The number of rotatable bonds is 5. The second-order valence-corrected chi connectivity index (χ2v) is 10.4. The number of fused-ring (bicyclic) bond motifs is 1. The van der Waals surface area contributed by atoms with Crippen molar-refractivity contribution in [3.63, 3.8) is 0 Å². The minimum absolute atomic E-state index is 0.145. The first-order valence-corrected chi connectivity index (χ1v) is 13.9. The normalized spacial score (nSPS) is 14.1. The van der Waals surface area contributed by atoms with Gasteiger partial charge in [0.1, 0.15) is 17.1 Å². The number of phenols is 1. The van der Waals surface area contributed by atoms with Gasteiger partial charge in [-0.3, -0.25) is 4.90 Å². The molecule has 0 spiro atoms. The van der Waals surface area contributed by atoms with Crippen molar-refractivity contribution >= 4 is 11.0 Å². The van der Waals surface area contributed by atoms with E-state index in [1.807, 2.05) is 43.3 Å². The summed E-state index contributed by atoms with van der Waals surface area (Å²) in [6.07, 6.45) is 6.23. The SMILES string of the molecule is C=CC.Cc1cn(C2CCN(Cc3ccc(-c4nc5cccc(O)c5nc4-c4ccccc4)cc3)CC2)c(C)n1. The van der Waals surface area contributed by atoms with Gasteiger partial charge in [-0.1, -0.05) is 66.7 Å². The number of piperidine rings is 1. The number of aromatic hydroxyl groups is 1. The summed E-state index contributed by atoms with van der Waals surface area (Å²) in [4.78, 5) is 16.9. The summed E-state index contributed by atoms with van der Waals surface area (Å²) in [5.41, 5.74) is 7.19. The van der Waals surface area contributed by atoms with Gasteiger partial charge in [-0.2, -0.15) is 0 Å². The van der Waals surface area contributed by atoms with Gasteiger partial charge in [0.25, 0.3) is 0 Å². The largest absolute Gasteiger partial charge is 0.506 e. The summed E-state index contributed by atoms with van der Waals surface area (Å²) in [6, 6.07) is 24.6. The van der Waals surface area contributed by atoms with E-state index >= 15 is 0 Å². The predicted molar refractivity (Wildman–Crippen MR) is 163 cm³/mol. The van der Waals surface area contributed by atoms with E-state index in [2.05, 4.69) is 65.3 Å². The Labute approximate surface area is 236 Å². The van der Waals surface area contributed by atoms with E-state index in [-0.39, 0.29) is 5.75 Å². The molecular weight excluding hydrogens is 494 g/mol. The minimum Gasteiger partial charge on any atom is -0.506 e. The number of nitrogens with zero attached hydrogens (tertiary/aromatic N) is 5. The van der Waals surface area contributed by atoms with Gasteiger partial charge < -0.3 is 9.67 Å². The highest BCUT2D eigenvalue weighted by Gasteiger charge is 2.22. The van der Waals surface area contributed by atoms with Gasteiger partial charge in [-0.25, -0.2) is 15.0 Å². The van der Waals surface area contributed by atoms with Crippen LogP contribution in [0.2, 0.25) is 0 Å². The number of hydrogen-bond donors (Lipinski definition) is 1. The van der Waals surface area contributed by atoms with E-state index in [0.717, 1.165) is 66.5 Å². The molecule has 1 aliphatic heterocycles. The Morgan fingerprint density at radius 3 is 2.15 bits per heavy atom. The lowest BCUT2D eigenvalue weighted by molar-refractivity contribution is 0.178. The fourth-order valence-corrected chi connectivity index (χ4v) is 5.45. The molecule has 3 heterocycles. The second-order valence-electron chi connectivity index (χ2n) is 10.4. The van der Waals surface area contributed by atoms with E-state index < -0.39 is 0 Å². The molecule has 3 aromatic carbocycles. The maximum Gasteiger partial charge on any atom is 0.143 e. The first-order valence-electron chi connectivity index (χ1n) is 13.9. The predicted octanol–water partition coefficient (Wildman–Crippen LogP) is 7.51. The molecule has 0 amide bonds. The number of aromatic nitrogens is 4. The standard InChI is InChI=1S/C31H31N5O.C3H6/c1-21-19-36(22(2)32-21)26-15-17-35(18-16-26)20-23-11-13-25(14-12-23)29-30(24-7-4-3-5-8-24)34-31-27(33-29)9-6-10-28(31)37;1-3-2/h3-14,19,26,37H,15-18,20H2,1-2H3;3H,1H2,2H3. The number of hydrogen-bond acceptors (Lipinski definition) is 5. The third kappa shape index (κ3) is 5.97. The minimum atomic E-state index is 0.145. The van der Waals surface area contributed by atoms with Crippen LogP contribution in [-0.4, -0.2) is 42.6 Å². The Bertz CT molecular complexity index is 1580. The first-order chi connectivity index (χ1) is 19.5. The Morgan fingerprint density at radius 1 is 0.850 bits per heavy atom. The first kappa shape index (κ1) is 27.3. The van der Waals surface area contributed by atoms with Crippen LogP contribution in [0.5, 0.6) is 5.75 Å². The van der Waals surface area contributed by atoms with Crippen LogP contribution >= 0.6 is 0 Å². The maximum atomic E-state index is 10.4. The summed E-state index contributed by atoms with van der Waals surface area (Å²) in [5.74, 6) is 1.26. The van der Waals surface area contributed by atoms with E-state index in [9.17, 15) is 5.11 Å². The molecule has 0 unspecified atom stereocenters. The van der Waals surface area contributed by atoms with Crippen LogP contribution in [0.1, 0.15) is 42.9 Å². The zero-order valence-corrected chi connectivity index (χ0v) is 23.6. The summed E-state index contributed by atoms with van der Waals surface area (Å²) in [7, 11) is 0. The van der Waals surface area contributed by atoms with Gasteiger partial charge in [0.15, 0.2) is 0 Å². The molecule has 6 nitrogen and oxygen atoms in total. The number of likely N-dealkylation sites (tertiary alicyclic amines) is 1. The van der Waals surface area contributed by atoms with Crippen LogP contribution in [0.25, 0.3) is 33.5 Å². The van der Waals surface area contributed by atoms with Gasteiger partial charge in [0, 0.05) is 43.0 Å². The molecule has 1 N–H and O–H groups in total. The van der Waals surface area contributed by atoms with Crippen molar-refractivity contribution in [2.45, 2.75) is 46.2 Å². The lowest BCUT2D eigenvalue weighted by Crippen LogP contribution is -2.34. The topological polar surface area (TPSA) is 67.1 Å². The molecule has 6 rings (SSSR count). The average molecular weight is 532 g/mol. The summed E-state index contributed by atoms with van der Waals surface area (Å²) < 4.78 is 2.36. The van der Waals surface area contributed by atoms with Crippen LogP contribution < -0.4 is 0 Å². The number of benzene rings is 3. The van der Waals surface area contributed by atoms with Crippen LogP contribution in [0.4, 0.5) is 0 Å². The van der Waals surface area contributed by atoms with Crippen LogP contribution in [-0.2, 0) is 6.54 Å². The number of para-hydroxylation sites is 1. The molecule has 0 saturated carbocycles. The third-order valence-corrected chi connectivity index (χ3v) is 7.34. The van der Waals surface area contributed by atoms with Gasteiger partial charge in [-0.05, 0) is 51.3 Å². The number of phenolic OH excluding ortho intramolecular Hbond substituents is 1. The van der Waals surface area contributed by atoms with Crippen LogP contribution in [0.3, 0.4) is 0 Å². The fourth-order valence-electron chi connectivity index (χ4n) is 5.45. The van der Waals surface area contributed by atoms with Crippen molar-refractivity contribution in [3.05, 3.63) is 109 Å². The van der Waals surface area contributed by atoms with Gasteiger partial charge in [0.2, 0.25) is 0 Å². The monoisotopic (exact) mass is 531 g/mol. The molecule has 0 bridgehead atoms. The number of allylic oxidation sites excluding steroid dienone is 1. The smallest absolute Gasteiger partial charge is 0.143 e. The van der Waals surface area contributed by atoms with Crippen LogP contribution in [0, 0.1) is 13.8 Å². The highest BCUT2D eigenvalue weighted by atomic mass is 16.3.